The minimum absolute atomic E-state index is 0.373. The normalized spacial score (nSPS) is 19.2. The van der Waals surface area contributed by atoms with E-state index in [1.807, 2.05) is 11.8 Å². The number of aliphatic imine (C=N–C) groups is 1. The lowest BCUT2D eigenvalue weighted by molar-refractivity contribution is 0.318. The van der Waals surface area contributed by atoms with Gasteiger partial charge in [0.1, 0.15) is 0 Å². The third-order valence-electron chi connectivity index (χ3n) is 4.48. The molecule has 0 saturated carbocycles. The van der Waals surface area contributed by atoms with Gasteiger partial charge in [0.2, 0.25) is 0 Å². The van der Waals surface area contributed by atoms with Crippen LogP contribution in [0.4, 0.5) is 0 Å². The molecule has 3 heteroatoms. The Balaban J connectivity index is 2.01. The molecular weight excluding hydrogens is 264 g/mol. The summed E-state index contributed by atoms with van der Waals surface area (Å²) in [6.07, 6.45) is 3.53. The first kappa shape index (κ1) is 15.4. The first-order chi connectivity index (χ1) is 9.73. The molecule has 0 spiro atoms. The average molecular weight is 290 g/mol. The van der Waals surface area contributed by atoms with Crippen molar-refractivity contribution in [2.75, 3.05) is 12.3 Å². The van der Waals surface area contributed by atoms with E-state index in [0.717, 1.165) is 18.1 Å². The smallest absolute Gasteiger partial charge is 0.157 e. The van der Waals surface area contributed by atoms with Crippen molar-refractivity contribution in [1.29, 1.82) is 0 Å². The lowest BCUT2D eigenvalue weighted by Gasteiger charge is -2.34. The Bertz CT molecular complexity index is 438. The van der Waals surface area contributed by atoms with Crippen molar-refractivity contribution in [3.8, 4) is 0 Å². The molecule has 20 heavy (non-hydrogen) atoms. The third kappa shape index (κ3) is 3.57. The minimum Gasteiger partial charge on any atom is -0.358 e. The van der Waals surface area contributed by atoms with Crippen LogP contribution in [0, 0.1) is 5.41 Å². The van der Waals surface area contributed by atoms with Crippen molar-refractivity contribution in [3.05, 3.63) is 35.9 Å². The van der Waals surface area contributed by atoms with Gasteiger partial charge in [-0.05, 0) is 30.2 Å². The summed E-state index contributed by atoms with van der Waals surface area (Å²) in [5.41, 5.74) is 1.77. The third-order valence-corrected chi connectivity index (χ3v) is 5.76. The summed E-state index contributed by atoms with van der Waals surface area (Å²) in [7, 11) is 0. The number of amidine groups is 1. The highest BCUT2D eigenvalue weighted by molar-refractivity contribution is 8.13. The molecule has 2 nitrogen and oxygen atoms in total. The highest BCUT2D eigenvalue weighted by Gasteiger charge is 2.30. The van der Waals surface area contributed by atoms with Crippen molar-refractivity contribution in [3.63, 3.8) is 0 Å². The fourth-order valence-corrected chi connectivity index (χ4v) is 3.90. The predicted octanol–water partition coefficient (Wildman–Crippen LogP) is 4.64. The van der Waals surface area contributed by atoms with E-state index in [9.17, 15) is 0 Å². The van der Waals surface area contributed by atoms with Crippen LogP contribution in [0.25, 0.3) is 0 Å². The van der Waals surface area contributed by atoms with Crippen LogP contribution in [0.5, 0.6) is 0 Å². The van der Waals surface area contributed by atoms with Gasteiger partial charge in [0.15, 0.2) is 5.17 Å². The Kier molecular flexibility index (Phi) is 5.53. The van der Waals surface area contributed by atoms with Crippen LogP contribution in [0.15, 0.2) is 35.3 Å². The summed E-state index contributed by atoms with van der Waals surface area (Å²) in [5.74, 6) is 1.19. The summed E-state index contributed by atoms with van der Waals surface area (Å²) >= 11 is 1.90. The molecule has 0 bridgehead atoms. The molecule has 1 aliphatic rings. The maximum atomic E-state index is 4.81. The Labute approximate surface area is 127 Å². The molecule has 1 unspecified atom stereocenters. The van der Waals surface area contributed by atoms with Gasteiger partial charge in [0.05, 0.1) is 6.04 Å². The van der Waals surface area contributed by atoms with E-state index in [2.05, 4.69) is 56.4 Å². The van der Waals surface area contributed by atoms with Gasteiger partial charge in [-0.2, -0.15) is 0 Å². The molecule has 0 radical (unpaired) electrons. The molecule has 0 fully saturated rings. The molecule has 0 aliphatic carbocycles. The van der Waals surface area contributed by atoms with E-state index in [4.69, 9.17) is 4.99 Å². The minimum atomic E-state index is 0.373. The quantitative estimate of drug-likeness (QED) is 0.854. The summed E-state index contributed by atoms with van der Waals surface area (Å²) in [6, 6.07) is 11.0. The molecule has 2 rings (SSSR count). The number of hydrogen-bond donors (Lipinski definition) is 1. The van der Waals surface area contributed by atoms with Gasteiger partial charge >= 0.3 is 0 Å². The Morgan fingerprint density at radius 3 is 2.40 bits per heavy atom. The largest absolute Gasteiger partial charge is 0.358 e. The first-order valence-electron chi connectivity index (χ1n) is 7.71. The number of nitrogens with one attached hydrogen (secondary N) is 1. The van der Waals surface area contributed by atoms with Gasteiger partial charge in [0, 0.05) is 12.3 Å². The van der Waals surface area contributed by atoms with Crippen LogP contribution in [-0.2, 0) is 0 Å². The van der Waals surface area contributed by atoms with Gasteiger partial charge in [-0.3, -0.25) is 4.99 Å². The number of thioether (sulfide) groups is 1. The second-order valence-corrected chi connectivity index (χ2v) is 6.60. The molecule has 1 aromatic carbocycles. The number of nitrogens with zero attached hydrogens (tertiary/aromatic N) is 1. The van der Waals surface area contributed by atoms with Crippen molar-refractivity contribution in [2.45, 2.75) is 46.1 Å². The van der Waals surface area contributed by atoms with Crippen LogP contribution in [0.3, 0.4) is 0 Å². The predicted molar refractivity (Wildman–Crippen MR) is 90.4 cm³/mol. The number of benzene rings is 1. The Hall–Kier alpha value is -0.960. The topological polar surface area (TPSA) is 24.4 Å². The zero-order chi connectivity index (χ0) is 14.4. The van der Waals surface area contributed by atoms with Crippen LogP contribution in [0.2, 0.25) is 0 Å². The average Bonchev–Trinajstić information content (AvgIpc) is 2.54. The Morgan fingerprint density at radius 2 is 1.90 bits per heavy atom. The maximum Gasteiger partial charge on any atom is 0.157 e. The van der Waals surface area contributed by atoms with Crippen molar-refractivity contribution in [2.24, 2.45) is 10.4 Å². The second-order valence-electron chi connectivity index (χ2n) is 5.63. The van der Waals surface area contributed by atoms with Crippen molar-refractivity contribution in [1.82, 2.24) is 5.32 Å². The molecule has 1 atom stereocenters. The molecule has 0 aromatic heterocycles. The fourth-order valence-electron chi connectivity index (χ4n) is 2.57. The van der Waals surface area contributed by atoms with Gasteiger partial charge in [-0.15, -0.1) is 0 Å². The van der Waals surface area contributed by atoms with E-state index < -0.39 is 0 Å². The van der Waals surface area contributed by atoms with Crippen LogP contribution in [0.1, 0.15) is 51.6 Å². The number of hydrogen-bond acceptors (Lipinski definition) is 3. The summed E-state index contributed by atoms with van der Waals surface area (Å²) in [5, 5.41) is 4.74. The van der Waals surface area contributed by atoms with Crippen LogP contribution < -0.4 is 5.32 Å². The lowest BCUT2D eigenvalue weighted by atomic mass is 9.84. The van der Waals surface area contributed by atoms with Gasteiger partial charge < -0.3 is 5.32 Å². The zero-order valence-corrected chi connectivity index (χ0v) is 13.7. The van der Waals surface area contributed by atoms with Crippen molar-refractivity contribution < 1.29 is 0 Å². The monoisotopic (exact) mass is 290 g/mol. The molecular formula is C17H26N2S. The van der Waals surface area contributed by atoms with Crippen LogP contribution >= 0.6 is 11.8 Å². The second kappa shape index (κ2) is 7.16. The van der Waals surface area contributed by atoms with Gasteiger partial charge in [0.25, 0.3) is 0 Å². The van der Waals surface area contributed by atoms with Gasteiger partial charge in [-0.1, -0.05) is 62.9 Å². The van der Waals surface area contributed by atoms with E-state index in [-0.39, 0.29) is 0 Å². The van der Waals surface area contributed by atoms with Crippen LogP contribution in [-0.4, -0.2) is 17.5 Å². The standard InChI is InChI=1S/C17H26N2S/c1-4-15(14-10-8-7-9-11-14)19-16-18-12-17(5-2,6-3)13-20-16/h7-11,15H,4-6,12-13H2,1-3H3,(H,18,19). The van der Waals surface area contributed by atoms with E-state index in [1.165, 1.54) is 24.2 Å². The van der Waals surface area contributed by atoms with Crippen molar-refractivity contribution >= 4 is 16.9 Å². The van der Waals surface area contributed by atoms with E-state index in [1.54, 1.807) is 0 Å². The summed E-state index contributed by atoms with van der Waals surface area (Å²) in [6.45, 7) is 7.77. The zero-order valence-electron chi connectivity index (χ0n) is 12.9. The Morgan fingerprint density at radius 1 is 1.20 bits per heavy atom. The first-order valence-corrected chi connectivity index (χ1v) is 8.70. The molecule has 0 amide bonds. The highest BCUT2D eigenvalue weighted by Crippen LogP contribution is 2.35. The summed E-state index contributed by atoms with van der Waals surface area (Å²) in [4.78, 5) is 4.81. The maximum absolute atomic E-state index is 4.81. The van der Waals surface area contributed by atoms with E-state index >= 15 is 0 Å². The van der Waals surface area contributed by atoms with Gasteiger partial charge in [-0.25, -0.2) is 0 Å². The van der Waals surface area contributed by atoms with E-state index in [0.29, 0.717) is 11.5 Å². The highest BCUT2D eigenvalue weighted by atomic mass is 32.2. The SMILES string of the molecule is CCC(NC1=NCC(CC)(CC)CS1)c1ccccc1. The summed E-state index contributed by atoms with van der Waals surface area (Å²) < 4.78 is 0. The molecule has 1 N–H and O–H groups in total. The molecule has 110 valence electrons. The molecule has 1 aromatic rings. The molecule has 1 aliphatic heterocycles. The molecule has 1 heterocycles. The number of rotatable bonds is 5. The fraction of sp³-hybridized carbons (Fsp3) is 0.588. The lowest BCUT2D eigenvalue weighted by Crippen LogP contribution is -2.35. The molecule has 0 saturated heterocycles.